The average molecular weight is 946 g/mol. The summed E-state index contributed by atoms with van der Waals surface area (Å²) in [5.74, 6) is 1.82. The Morgan fingerprint density at radius 2 is 1.54 bits per heavy atom. The molecule has 18 heteroatoms. The molecule has 0 atom stereocenters. The predicted molar refractivity (Wildman–Crippen MR) is 261 cm³/mol. The van der Waals surface area contributed by atoms with Gasteiger partial charge in [0.05, 0.1) is 42.3 Å². The maximum Gasteiger partial charge on any atom is 0.258 e. The van der Waals surface area contributed by atoms with E-state index in [1.165, 1.54) is 23.6 Å². The van der Waals surface area contributed by atoms with Gasteiger partial charge in [0.25, 0.3) is 11.8 Å². The van der Waals surface area contributed by atoms with Gasteiger partial charge >= 0.3 is 0 Å². The lowest BCUT2D eigenvalue weighted by molar-refractivity contribution is -0.139. The molecular formula is C50H63N11O6S. The monoisotopic (exact) mass is 945 g/mol. The number of carbonyl (C=O) groups is 2. The van der Waals surface area contributed by atoms with E-state index in [-0.39, 0.29) is 46.5 Å². The summed E-state index contributed by atoms with van der Waals surface area (Å²) in [7, 11) is 1.52. The molecule has 3 aromatic heterocycles. The number of nitrogen functional groups attached to an aromatic ring is 1. The highest BCUT2D eigenvalue weighted by Crippen LogP contribution is 2.37. The molecule has 5 aliphatic heterocycles. The third-order valence-corrected chi connectivity index (χ3v) is 15.7. The third kappa shape index (κ3) is 9.66. The smallest absolute Gasteiger partial charge is 0.258 e. The number of fused-ring (bicyclic) bond motifs is 2. The number of hydrogen-bond donors (Lipinski definition) is 3. The van der Waals surface area contributed by atoms with Gasteiger partial charge in [-0.2, -0.15) is 0 Å². The molecule has 4 N–H and O–H groups in total. The number of aromatic nitrogens is 4. The van der Waals surface area contributed by atoms with Crippen LogP contribution in [0, 0.1) is 5.92 Å². The van der Waals surface area contributed by atoms with E-state index < -0.39 is 0 Å². The number of phenolic OH excluding ortho intramolecular Hbond substituents is 2. The first-order valence-electron chi connectivity index (χ1n) is 24.2. The van der Waals surface area contributed by atoms with Crippen LogP contribution in [0.1, 0.15) is 82.9 Å². The van der Waals surface area contributed by atoms with Gasteiger partial charge in [0.1, 0.15) is 17.2 Å². The number of nitrogens with zero attached hydrogens (tertiary/aromatic N) is 10. The van der Waals surface area contributed by atoms with Gasteiger partial charge in [-0.1, -0.05) is 32.0 Å². The summed E-state index contributed by atoms with van der Waals surface area (Å²) in [4.78, 5) is 61.1. The Morgan fingerprint density at radius 1 is 0.824 bits per heavy atom. The first kappa shape index (κ1) is 46.1. The molecule has 0 unspecified atom stereocenters. The average Bonchev–Trinajstić information content (AvgIpc) is 3.98. The molecule has 0 spiro atoms. The van der Waals surface area contributed by atoms with Crippen LogP contribution >= 0.6 is 11.3 Å². The summed E-state index contributed by atoms with van der Waals surface area (Å²) in [5.41, 5.74) is 11.7. The van der Waals surface area contributed by atoms with E-state index in [0.29, 0.717) is 55.3 Å². The molecular weight excluding hydrogens is 883 g/mol. The van der Waals surface area contributed by atoms with Crippen LogP contribution < -0.4 is 15.4 Å². The van der Waals surface area contributed by atoms with Gasteiger partial charge in [-0.15, -0.1) is 11.3 Å². The number of ether oxygens (including phenoxy) is 2. The number of morpholine rings is 1. The van der Waals surface area contributed by atoms with Crippen LogP contribution in [0.3, 0.4) is 0 Å². The molecule has 4 saturated heterocycles. The summed E-state index contributed by atoms with van der Waals surface area (Å²) >= 11 is 1.74. The summed E-state index contributed by atoms with van der Waals surface area (Å²) < 4.78 is 12.0. The summed E-state index contributed by atoms with van der Waals surface area (Å²) in [6, 6.07) is 12.2. The molecule has 0 saturated carbocycles. The van der Waals surface area contributed by atoms with E-state index >= 15 is 0 Å². The van der Waals surface area contributed by atoms with Crippen LogP contribution in [0.25, 0.3) is 21.7 Å². The molecule has 10 rings (SSSR count). The standard InChI is InChI=1S/C50H63N11O6S/c1-31(2)38-24-39(43(63)25-42(38)62)50(65)61-28-34-5-4-32(22-35(34)29-61)27-56-12-8-36(9-13-56)58-14-16-60(17-15-58)49(64)33-6-10-57(11-7-33)30-37-23-40-44(68-37)47(59-18-20-67-21-19-59)55-46(53-40)41-26-52-45(51)48(54-41)66-3/h4-5,22-26,31,33,36,62-63H,6-21,27-30H2,1-3H3,(H2,51,52). The van der Waals surface area contributed by atoms with E-state index in [1.54, 1.807) is 28.5 Å². The molecule has 17 nitrogen and oxygen atoms in total. The van der Waals surface area contributed by atoms with Crippen molar-refractivity contribution in [2.45, 2.75) is 77.7 Å². The lowest BCUT2D eigenvalue weighted by atomic mass is 9.94. The van der Waals surface area contributed by atoms with Crippen LogP contribution in [-0.2, 0) is 35.7 Å². The van der Waals surface area contributed by atoms with E-state index in [0.717, 1.165) is 131 Å². The molecule has 0 radical (unpaired) electrons. The second-order valence-corrected chi connectivity index (χ2v) is 20.4. The number of carbonyl (C=O) groups excluding carboxylic acids is 2. The number of likely N-dealkylation sites (tertiary alicyclic amines) is 2. The van der Waals surface area contributed by atoms with Gasteiger partial charge in [-0.05, 0) is 92.2 Å². The second-order valence-electron chi connectivity index (χ2n) is 19.3. The summed E-state index contributed by atoms with van der Waals surface area (Å²) in [6.07, 6.45) is 5.55. The van der Waals surface area contributed by atoms with Crippen molar-refractivity contribution in [2.24, 2.45) is 5.92 Å². The van der Waals surface area contributed by atoms with E-state index in [1.807, 2.05) is 13.8 Å². The van der Waals surface area contributed by atoms with Crippen molar-refractivity contribution in [1.82, 2.24) is 44.4 Å². The number of rotatable bonds is 11. The molecule has 0 aliphatic carbocycles. The van der Waals surface area contributed by atoms with Crippen molar-refractivity contribution >= 4 is 45.0 Å². The highest BCUT2D eigenvalue weighted by atomic mass is 32.1. The van der Waals surface area contributed by atoms with Crippen LogP contribution in [-0.4, -0.2) is 158 Å². The topological polar surface area (TPSA) is 190 Å². The number of phenols is 2. The fourth-order valence-electron chi connectivity index (χ4n) is 10.7. The quantitative estimate of drug-likeness (QED) is 0.155. The zero-order valence-electron chi connectivity index (χ0n) is 39.4. The largest absolute Gasteiger partial charge is 0.508 e. The molecule has 2 aromatic carbocycles. The Hall–Kier alpha value is -5.66. The van der Waals surface area contributed by atoms with Gasteiger partial charge in [-0.25, -0.2) is 19.9 Å². The second kappa shape index (κ2) is 19.7. The number of hydrogen-bond acceptors (Lipinski definition) is 16. The molecule has 8 heterocycles. The van der Waals surface area contributed by atoms with Crippen molar-refractivity contribution in [2.75, 3.05) is 96.4 Å². The minimum absolute atomic E-state index is 0.00743. The third-order valence-electron chi connectivity index (χ3n) is 14.6. The fourth-order valence-corrected chi connectivity index (χ4v) is 11.9. The number of anilines is 2. The van der Waals surface area contributed by atoms with Gasteiger partial charge in [-0.3, -0.25) is 24.3 Å². The normalized spacial score (nSPS) is 19.3. The van der Waals surface area contributed by atoms with E-state index in [4.69, 9.17) is 25.2 Å². The van der Waals surface area contributed by atoms with Crippen LogP contribution in [0.4, 0.5) is 11.6 Å². The summed E-state index contributed by atoms with van der Waals surface area (Å²) in [6.45, 7) is 16.6. The Morgan fingerprint density at radius 3 is 2.28 bits per heavy atom. The number of thiophene rings is 1. The Balaban J connectivity index is 0.678. The molecule has 4 fully saturated rings. The minimum Gasteiger partial charge on any atom is -0.508 e. The molecule has 68 heavy (non-hydrogen) atoms. The zero-order valence-corrected chi connectivity index (χ0v) is 40.2. The highest BCUT2D eigenvalue weighted by molar-refractivity contribution is 7.19. The molecule has 5 aromatic rings. The van der Waals surface area contributed by atoms with Crippen molar-refractivity contribution < 1.29 is 29.3 Å². The minimum atomic E-state index is -0.226. The molecule has 2 amide bonds. The van der Waals surface area contributed by atoms with E-state index in [2.05, 4.69) is 58.7 Å². The van der Waals surface area contributed by atoms with Crippen molar-refractivity contribution in [1.29, 1.82) is 0 Å². The Bertz CT molecular complexity index is 2650. The lowest BCUT2D eigenvalue weighted by Gasteiger charge is -2.43. The van der Waals surface area contributed by atoms with Crippen molar-refractivity contribution in [3.8, 4) is 28.9 Å². The van der Waals surface area contributed by atoms with Gasteiger partial charge in [0.2, 0.25) is 5.91 Å². The van der Waals surface area contributed by atoms with E-state index in [9.17, 15) is 19.8 Å². The number of piperazine rings is 1. The number of piperidine rings is 2. The number of amides is 2. The predicted octanol–water partition coefficient (Wildman–Crippen LogP) is 5.29. The first-order valence-corrected chi connectivity index (χ1v) is 25.0. The van der Waals surface area contributed by atoms with Crippen molar-refractivity contribution in [3.05, 3.63) is 75.3 Å². The van der Waals surface area contributed by atoms with Gasteiger partial charge < -0.3 is 40.1 Å². The SMILES string of the molecule is COc1nc(-c2nc(N3CCOCC3)c3sc(CN4CCC(C(=O)N5CCN(C6CCN(Cc7ccc8c(c7)CN(C(=O)c7cc(C(C)C)c(O)cc7O)C8)CC6)CC5)CC4)cc3n2)cnc1N. The first-order chi connectivity index (χ1) is 33.0. The summed E-state index contributed by atoms with van der Waals surface area (Å²) in [5, 5.41) is 20.8. The maximum atomic E-state index is 13.9. The Kier molecular flexibility index (Phi) is 13.4. The number of methoxy groups -OCH3 is 1. The molecule has 5 aliphatic rings. The van der Waals surface area contributed by atoms with Crippen LogP contribution in [0.2, 0.25) is 0 Å². The number of benzene rings is 2. The zero-order chi connectivity index (χ0) is 47.1. The Labute approximate surface area is 401 Å². The van der Waals surface area contributed by atoms with Crippen LogP contribution in [0.15, 0.2) is 42.6 Å². The number of nitrogens with two attached hydrogens (primary N) is 1. The van der Waals surface area contributed by atoms with Crippen LogP contribution in [0.5, 0.6) is 17.4 Å². The van der Waals surface area contributed by atoms with Crippen molar-refractivity contribution in [3.63, 3.8) is 0 Å². The molecule has 0 bridgehead atoms. The van der Waals surface area contributed by atoms with Gasteiger partial charge in [0, 0.05) is 88.4 Å². The highest BCUT2D eigenvalue weighted by Gasteiger charge is 2.34. The fraction of sp³-hybridized carbons (Fsp3) is 0.520. The van der Waals surface area contributed by atoms with Gasteiger partial charge in [0.15, 0.2) is 17.5 Å². The lowest BCUT2D eigenvalue weighted by Crippen LogP contribution is -2.55. The molecule has 360 valence electrons. The number of aromatic hydroxyl groups is 2. The maximum absolute atomic E-state index is 13.9.